The summed E-state index contributed by atoms with van der Waals surface area (Å²) in [5.41, 5.74) is 3.40. The number of allylic oxidation sites excluding steroid dienone is 6. The van der Waals surface area contributed by atoms with Gasteiger partial charge in [-0.2, -0.15) is 0 Å². The molecule has 0 spiro atoms. The fraction of sp³-hybridized carbons (Fsp3) is 0.200. The van der Waals surface area contributed by atoms with Crippen molar-refractivity contribution in [2.75, 3.05) is 0 Å². The average molecular weight is 273 g/mol. The summed E-state index contributed by atoms with van der Waals surface area (Å²) in [4.78, 5) is 8.30. The normalized spacial score (nSPS) is 21.5. The Kier molecular flexibility index (Phi) is 3.22. The lowest BCUT2D eigenvalue weighted by Gasteiger charge is -2.02. The van der Waals surface area contributed by atoms with Gasteiger partial charge in [-0.15, -0.1) is 0 Å². The lowest BCUT2D eigenvalue weighted by atomic mass is 10.1. The Balaban J connectivity index is 2.08. The second kappa shape index (κ2) is 5.02. The van der Waals surface area contributed by atoms with Gasteiger partial charge in [-0.25, -0.2) is 9.97 Å². The number of nitrogens with zero attached hydrogens (tertiary/aromatic N) is 2. The second-order valence-corrected chi connectivity index (χ2v) is 4.78. The summed E-state index contributed by atoms with van der Waals surface area (Å²) >= 11 is 5.87. The van der Waals surface area contributed by atoms with Crippen LogP contribution in [0.15, 0.2) is 40.9 Å². The molecule has 0 radical (unpaired) electrons. The maximum absolute atomic E-state index is 5.88. The Morgan fingerprint density at radius 3 is 3.00 bits per heavy atom. The van der Waals surface area contributed by atoms with Crippen LogP contribution >= 0.6 is 11.6 Å². The third-order valence-electron chi connectivity index (χ3n) is 3.07. The molecule has 0 saturated heterocycles. The van der Waals surface area contributed by atoms with E-state index in [0.29, 0.717) is 5.58 Å². The Bertz CT molecular complexity index is 710. The first-order valence-corrected chi connectivity index (χ1v) is 6.58. The van der Waals surface area contributed by atoms with E-state index in [1.807, 2.05) is 25.1 Å². The predicted octanol–water partition coefficient (Wildman–Crippen LogP) is 4.47. The quantitative estimate of drug-likeness (QED) is 0.719. The molecule has 0 atom stereocenters. The van der Waals surface area contributed by atoms with Crippen LogP contribution < -0.4 is 0 Å². The van der Waals surface area contributed by atoms with Crippen molar-refractivity contribution >= 4 is 28.3 Å². The molecule has 0 aliphatic heterocycles. The van der Waals surface area contributed by atoms with Gasteiger partial charge in [-0.3, -0.25) is 0 Å². The fourth-order valence-electron chi connectivity index (χ4n) is 2.13. The third kappa shape index (κ3) is 2.47. The molecule has 0 bridgehead atoms. The van der Waals surface area contributed by atoms with E-state index in [4.69, 9.17) is 16.0 Å². The van der Waals surface area contributed by atoms with Crippen molar-refractivity contribution in [3.63, 3.8) is 0 Å². The molecule has 0 saturated carbocycles. The fourth-order valence-corrected chi connectivity index (χ4v) is 2.35. The van der Waals surface area contributed by atoms with Gasteiger partial charge >= 0.3 is 0 Å². The van der Waals surface area contributed by atoms with E-state index in [-0.39, 0.29) is 5.28 Å². The largest absolute Gasteiger partial charge is 0.453 e. The van der Waals surface area contributed by atoms with Gasteiger partial charge in [0.05, 0.1) is 5.69 Å². The highest BCUT2D eigenvalue weighted by Crippen LogP contribution is 2.29. The van der Waals surface area contributed by atoms with Crippen LogP contribution in [0.5, 0.6) is 0 Å². The molecule has 2 heterocycles. The molecule has 2 aromatic rings. The molecule has 19 heavy (non-hydrogen) atoms. The summed E-state index contributed by atoms with van der Waals surface area (Å²) in [7, 11) is 0. The zero-order valence-corrected chi connectivity index (χ0v) is 11.3. The smallest absolute Gasteiger partial charge is 0.223 e. The molecule has 4 heteroatoms. The van der Waals surface area contributed by atoms with E-state index in [2.05, 4.69) is 28.2 Å². The summed E-state index contributed by atoms with van der Waals surface area (Å²) in [6.07, 6.45) is 12.3. The number of furan rings is 1. The minimum atomic E-state index is 0.256. The minimum absolute atomic E-state index is 0.256. The molecule has 0 fully saturated rings. The first kappa shape index (κ1) is 12.2. The molecule has 0 N–H and O–H groups in total. The maximum atomic E-state index is 5.88. The molecule has 0 unspecified atom stereocenters. The van der Waals surface area contributed by atoms with Crippen molar-refractivity contribution in [3.8, 4) is 0 Å². The molecule has 3 rings (SSSR count). The van der Waals surface area contributed by atoms with Gasteiger partial charge in [0, 0.05) is 6.07 Å². The first-order valence-electron chi connectivity index (χ1n) is 6.20. The van der Waals surface area contributed by atoms with Gasteiger partial charge in [-0.1, -0.05) is 30.4 Å². The van der Waals surface area contributed by atoms with Crippen molar-refractivity contribution in [2.24, 2.45) is 0 Å². The Morgan fingerprint density at radius 2 is 2.11 bits per heavy atom. The van der Waals surface area contributed by atoms with Crippen LogP contribution in [0.3, 0.4) is 0 Å². The SMILES string of the molecule is Cc1nc(Cl)nc2cc(/C3=C/C=C\C=C/CC3)oc12. The van der Waals surface area contributed by atoms with Crippen LogP contribution in [0, 0.1) is 6.92 Å². The van der Waals surface area contributed by atoms with Gasteiger partial charge in [-0.05, 0) is 36.9 Å². The third-order valence-corrected chi connectivity index (χ3v) is 3.24. The molecule has 1 aliphatic carbocycles. The van der Waals surface area contributed by atoms with E-state index < -0.39 is 0 Å². The zero-order chi connectivity index (χ0) is 13.2. The van der Waals surface area contributed by atoms with Gasteiger partial charge in [0.1, 0.15) is 11.3 Å². The van der Waals surface area contributed by atoms with Crippen LogP contribution in [-0.4, -0.2) is 9.97 Å². The van der Waals surface area contributed by atoms with Crippen LogP contribution in [-0.2, 0) is 0 Å². The molecular formula is C15H13ClN2O. The van der Waals surface area contributed by atoms with Crippen LogP contribution in [0.1, 0.15) is 24.3 Å². The van der Waals surface area contributed by atoms with Gasteiger partial charge < -0.3 is 4.42 Å². The highest BCUT2D eigenvalue weighted by molar-refractivity contribution is 6.28. The standard InChI is InChI=1S/C15H13ClN2O/c1-10-14-12(18-15(16)17-10)9-13(19-14)11-7-5-3-2-4-6-8-11/h2-5,7,9H,6,8H2,1H3/b4-2-,5-3-,11-7+. The second-order valence-electron chi connectivity index (χ2n) is 4.45. The van der Waals surface area contributed by atoms with Crippen molar-refractivity contribution < 1.29 is 4.42 Å². The summed E-state index contributed by atoms with van der Waals surface area (Å²) in [6, 6.07) is 1.93. The topological polar surface area (TPSA) is 38.9 Å². The van der Waals surface area contributed by atoms with E-state index in [1.54, 1.807) is 0 Å². The molecule has 96 valence electrons. The molecule has 3 nitrogen and oxygen atoms in total. The number of aromatic nitrogens is 2. The maximum Gasteiger partial charge on any atom is 0.223 e. The van der Waals surface area contributed by atoms with E-state index in [0.717, 1.165) is 35.4 Å². The summed E-state index contributed by atoms with van der Waals surface area (Å²) in [5, 5.41) is 0.256. The number of halogens is 1. The number of hydrogen-bond acceptors (Lipinski definition) is 3. The number of fused-ring (bicyclic) bond motifs is 1. The Hall–Kier alpha value is -1.87. The Labute approximate surface area is 116 Å². The molecular weight excluding hydrogens is 260 g/mol. The van der Waals surface area contributed by atoms with E-state index >= 15 is 0 Å². The Morgan fingerprint density at radius 1 is 1.21 bits per heavy atom. The van der Waals surface area contributed by atoms with Crippen molar-refractivity contribution in [1.82, 2.24) is 9.97 Å². The van der Waals surface area contributed by atoms with E-state index in [9.17, 15) is 0 Å². The highest BCUT2D eigenvalue weighted by Gasteiger charge is 2.12. The minimum Gasteiger partial charge on any atom is -0.453 e. The predicted molar refractivity (Wildman–Crippen MR) is 77.0 cm³/mol. The van der Waals surface area contributed by atoms with Crippen molar-refractivity contribution in [1.29, 1.82) is 0 Å². The first-order chi connectivity index (χ1) is 9.24. The highest BCUT2D eigenvalue weighted by atomic mass is 35.5. The zero-order valence-electron chi connectivity index (χ0n) is 10.6. The number of rotatable bonds is 1. The van der Waals surface area contributed by atoms with Crippen molar-refractivity contribution in [2.45, 2.75) is 19.8 Å². The molecule has 0 amide bonds. The molecule has 2 aromatic heterocycles. The number of hydrogen-bond donors (Lipinski definition) is 0. The average Bonchev–Trinajstić information content (AvgIpc) is 2.72. The van der Waals surface area contributed by atoms with Crippen LogP contribution in [0.2, 0.25) is 5.28 Å². The number of aryl methyl sites for hydroxylation is 1. The summed E-state index contributed by atoms with van der Waals surface area (Å²) < 4.78 is 5.88. The lowest BCUT2D eigenvalue weighted by molar-refractivity contribution is 0.591. The summed E-state index contributed by atoms with van der Waals surface area (Å²) in [6.45, 7) is 1.87. The van der Waals surface area contributed by atoms with Gasteiger partial charge in [0.15, 0.2) is 5.58 Å². The van der Waals surface area contributed by atoms with Crippen molar-refractivity contribution in [3.05, 3.63) is 53.2 Å². The van der Waals surface area contributed by atoms with E-state index in [1.165, 1.54) is 0 Å². The van der Waals surface area contributed by atoms with Crippen LogP contribution in [0.4, 0.5) is 0 Å². The van der Waals surface area contributed by atoms with Crippen LogP contribution in [0.25, 0.3) is 16.7 Å². The van der Waals surface area contributed by atoms with Gasteiger partial charge in [0.25, 0.3) is 0 Å². The summed E-state index contributed by atoms with van der Waals surface area (Å²) in [5.74, 6) is 0.842. The van der Waals surface area contributed by atoms with Gasteiger partial charge in [0.2, 0.25) is 5.28 Å². The molecule has 0 aromatic carbocycles. The molecule has 1 aliphatic rings. The monoisotopic (exact) mass is 272 g/mol. The lowest BCUT2D eigenvalue weighted by Crippen LogP contribution is -1.85.